The standard InChI is InChI=1S/C44H34O8/c1-49-41-35(31-13-5-27(23-45)6-14-31)21-36(32-15-7-28(24-46)8-16-32)42(50-2)39(41)40-43(51-3)37(33-17-9-29(25-47)10-18-33)22-38(44(40)52-4)34-19-11-30(26-48)12-20-34/h5-26H,1-4H3. The normalized spacial score (nSPS) is 10.6. The number of hydrogen-bond donors (Lipinski definition) is 0. The maximum Gasteiger partial charge on any atom is 0.150 e. The first-order valence-electron chi connectivity index (χ1n) is 16.2. The van der Waals surface area contributed by atoms with Crippen molar-refractivity contribution in [2.24, 2.45) is 0 Å². The zero-order valence-electron chi connectivity index (χ0n) is 29.0. The number of hydrogen-bond acceptors (Lipinski definition) is 8. The summed E-state index contributed by atoms with van der Waals surface area (Å²) in [5.41, 5.74) is 8.90. The summed E-state index contributed by atoms with van der Waals surface area (Å²) in [6.07, 6.45) is 3.14. The molecule has 0 unspecified atom stereocenters. The van der Waals surface area contributed by atoms with Crippen molar-refractivity contribution in [3.8, 4) is 78.6 Å². The lowest BCUT2D eigenvalue weighted by molar-refractivity contribution is 0.111. The average molecular weight is 691 g/mol. The smallest absolute Gasteiger partial charge is 0.150 e. The summed E-state index contributed by atoms with van der Waals surface area (Å²) >= 11 is 0. The molecule has 6 rings (SSSR count). The van der Waals surface area contributed by atoms with E-state index in [-0.39, 0.29) is 0 Å². The van der Waals surface area contributed by atoms with Crippen molar-refractivity contribution in [2.45, 2.75) is 0 Å². The van der Waals surface area contributed by atoms with Crippen molar-refractivity contribution >= 4 is 25.1 Å². The van der Waals surface area contributed by atoms with Gasteiger partial charge in [0.1, 0.15) is 48.1 Å². The van der Waals surface area contributed by atoms with Crippen LogP contribution in [0.3, 0.4) is 0 Å². The van der Waals surface area contributed by atoms with Gasteiger partial charge in [-0.25, -0.2) is 0 Å². The molecule has 8 heteroatoms. The van der Waals surface area contributed by atoms with Gasteiger partial charge >= 0.3 is 0 Å². The second-order valence-corrected chi connectivity index (χ2v) is 11.8. The van der Waals surface area contributed by atoms with Crippen LogP contribution in [0.5, 0.6) is 23.0 Å². The lowest BCUT2D eigenvalue weighted by Gasteiger charge is -2.26. The molecule has 0 saturated carbocycles. The zero-order valence-corrected chi connectivity index (χ0v) is 29.0. The fourth-order valence-electron chi connectivity index (χ4n) is 6.42. The molecule has 0 spiro atoms. The molecule has 6 aromatic rings. The van der Waals surface area contributed by atoms with Crippen LogP contribution < -0.4 is 18.9 Å². The van der Waals surface area contributed by atoms with Crippen molar-refractivity contribution < 1.29 is 38.1 Å². The summed E-state index contributed by atoms with van der Waals surface area (Å²) < 4.78 is 25.1. The molecule has 0 amide bonds. The van der Waals surface area contributed by atoms with Crippen LogP contribution in [0.1, 0.15) is 41.4 Å². The molecule has 0 fully saturated rings. The second kappa shape index (κ2) is 15.4. The number of carbonyl (C=O) groups excluding carboxylic acids is 4. The fraction of sp³-hybridized carbons (Fsp3) is 0.0909. The molecule has 6 aromatic carbocycles. The predicted molar refractivity (Wildman–Crippen MR) is 201 cm³/mol. The Hall–Kier alpha value is -6.80. The first-order chi connectivity index (χ1) is 25.4. The van der Waals surface area contributed by atoms with Gasteiger partial charge in [0.05, 0.1) is 39.6 Å². The minimum absolute atomic E-state index is 0.441. The molecule has 0 aliphatic heterocycles. The minimum atomic E-state index is 0.441. The molecule has 0 saturated heterocycles. The van der Waals surface area contributed by atoms with E-state index in [1.54, 1.807) is 77.0 Å². The van der Waals surface area contributed by atoms with Crippen LogP contribution >= 0.6 is 0 Å². The highest BCUT2D eigenvalue weighted by Crippen LogP contribution is 2.58. The van der Waals surface area contributed by atoms with Crippen molar-refractivity contribution in [1.29, 1.82) is 0 Å². The van der Waals surface area contributed by atoms with Crippen LogP contribution in [-0.2, 0) is 0 Å². The van der Waals surface area contributed by atoms with E-state index >= 15 is 0 Å². The predicted octanol–water partition coefficient (Wildman–Crippen LogP) is 9.31. The largest absolute Gasteiger partial charge is 0.495 e. The number of aldehydes is 4. The molecular formula is C44H34O8. The molecule has 0 heterocycles. The van der Waals surface area contributed by atoms with Gasteiger partial charge in [0, 0.05) is 44.5 Å². The molecule has 0 aliphatic carbocycles. The highest BCUT2D eigenvalue weighted by molar-refractivity contribution is 6.02. The Morgan fingerprint density at radius 3 is 0.673 bits per heavy atom. The van der Waals surface area contributed by atoms with Gasteiger partial charge in [-0.05, 0) is 34.4 Å². The Morgan fingerprint density at radius 1 is 0.327 bits per heavy atom. The number of methoxy groups -OCH3 is 4. The second-order valence-electron chi connectivity index (χ2n) is 11.8. The SMILES string of the molecule is COc1c(-c2ccc(C=O)cc2)cc(-c2ccc(C=O)cc2)c(OC)c1-c1c(OC)c(-c2ccc(C=O)cc2)cc(-c2ccc(C=O)cc2)c1OC. The third-order valence-electron chi connectivity index (χ3n) is 8.96. The maximum absolute atomic E-state index is 11.6. The summed E-state index contributed by atoms with van der Waals surface area (Å²) in [6, 6.07) is 32.5. The third kappa shape index (κ3) is 6.45. The summed E-state index contributed by atoms with van der Waals surface area (Å²) in [6.45, 7) is 0. The monoisotopic (exact) mass is 690 g/mol. The van der Waals surface area contributed by atoms with E-state index in [0.717, 1.165) is 47.4 Å². The summed E-state index contributed by atoms with van der Waals surface area (Å²) in [5, 5.41) is 0. The van der Waals surface area contributed by atoms with Gasteiger partial charge in [-0.1, -0.05) is 97.1 Å². The van der Waals surface area contributed by atoms with E-state index in [1.807, 2.05) is 60.7 Å². The summed E-state index contributed by atoms with van der Waals surface area (Å²) in [4.78, 5) is 46.3. The van der Waals surface area contributed by atoms with Crippen molar-refractivity contribution in [1.82, 2.24) is 0 Å². The molecule has 8 nitrogen and oxygen atoms in total. The van der Waals surface area contributed by atoms with E-state index in [1.165, 1.54) is 0 Å². The van der Waals surface area contributed by atoms with Gasteiger partial charge < -0.3 is 18.9 Å². The van der Waals surface area contributed by atoms with E-state index in [0.29, 0.717) is 78.6 Å². The van der Waals surface area contributed by atoms with Crippen molar-refractivity contribution in [3.63, 3.8) is 0 Å². The van der Waals surface area contributed by atoms with Crippen molar-refractivity contribution in [2.75, 3.05) is 28.4 Å². The summed E-state index contributed by atoms with van der Waals surface area (Å²) in [5.74, 6) is 1.76. The Balaban J connectivity index is 1.81. The molecular weight excluding hydrogens is 656 g/mol. The quantitative estimate of drug-likeness (QED) is 0.110. The van der Waals surface area contributed by atoms with E-state index in [4.69, 9.17) is 18.9 Å². The Labute approximate surface area is 301 Å². The molecule has 0 bridgehead atoms. The van der Waals surface area contributed by atoms with Crippen LogP contribution in [0, 0.1) is 0 Å². The zero-order chi connectivity index (χ0) is 36.8. The molecule has 258 valence electrons. The number of benzene rings is 6. The Morgan fingerprint density at radius 2 is 0.519 bits per heavy atom. The fourth-order valence-corrected chi connectivity index (χ4v) is 6.42. The molecule has 0 aliphatic rings. The lowest BCUT2D eigenvalue weighted by Crippen LogP contribution is -2.04. The maximum atomic E-state index is 11.6. The third-order valence-corrected chi connectivity index (χ3v) is 8.96. The lowest BCUT2D eigenvalue weighted by atomic mass is 9.85. The van der Waals surface area contributed by atoms with Gasteiger partial charge in [0.15, 0.2) is 0 Å². The molecule has 0 N–H and O–H groups in total. The van der Waals surface area contributed by atoms with Crippen LogP contribution in [0.15, 0.2) is 109 Å². The van der Waals surface area contributed by atoms with Crippen molar-refractivity contribution in [3.05, 3.63) is 131 Å². The van der Waals surface area contributed by atoms with Crippen LogP contribution in [0.2, 0.25) is 0 Å². The molecule has 0 aromatic heterocycles. The van der Waals surface area contributed by atoms with E-state index < -0.39 is 0 Å². The van der Waals surface area contributed by atoms with E-state index in [9.17, 15) is 19.2 Å². The van der Waals surface area contributed by atoms with Crippen LogP contribution in [0.4, 0.5) is 0 Å². The van der Waals surface area contributed by atoms with Gasteiger partial charge in [0.25, 0.3) is 0 Å². The van der Waals surface area contributed by atoms with Crippen LogP contribution in [-0.4, -0.2) is 53.6 Å². The first kappa shape index (κ1) is 35.0. The van der Waals surface area contributed by atoms with Crippen LogP contribution in [0.25, 0.3) is 55.6 Å². The van der Waals surface area contributed by atoms with Gasteiger partial charge in [-0.2, -0.15) is 0 Å². The Kier molecular flexibility index (Phi) is 10.4. The number of carbonyl (C=O) groups is 4. The molecule has 52 heavy (non-hydrogen) atoms. The number of ether oxygens (including phenoxy) is 4. The highest BCUT2D eigenvalue weighted by atomic mass is 16.5. The molecule has 0 atom stereocenters. The summed E-state index contributed by atoms with van der Waals surface area (Å²) in [7, 11) is 6.28. The molecule has 0 radical (unpaired) electrons. The average Bonchev–Trinajstić information content (AvgIpc) is 3.22. The topological polar surface area (TPSA) is 105 Å². The van der Waals surface area contributed by atoms with Gasteiger partial charge in [-0.3, -0.25) is 19.2 Å². The Bertz CT molecular complexity index is 1950. The van der Waals surface area contributed by atoms with E-state index in [2.05, 4.69) is 0 Å². The van der Waals surface area contributed by atoms with Gasteiger partial charge in [-0.15, -0.1) is 0 Å². The highest BCUT2D eigenvalue weighted by Gasteiger charge is 2.31. The first-order valence-corrected chi connectivity index (χ1v) is 16.2. The number of rotatable bonds is 13. The van der Waals surface area contributed by atoms with Gasteiger partial charge in [0.2, 0.25) is 0 Å². The minimum Gasteiger partial charge on any atom is -0.495 e.